The molecule has 6 amide bonds. The second-order valence-corrected chi connectivity index (χ2v) is 16.3. The van der Waals surface area contributed by atoms with Gasteiger partial charge in [-0.3, -0.25) is 19.2 Å². The molecule has 2 aromatic carbocycles. The number of alkyl carbamates (subject to hydrolysis) is 2. The van der Waals surface area contributed by atoms with E-state index < -0.39 is 91.4 Å². The average molecular weight is 871 g/mol. The van der Waals surface area contributed by atoms with Gasteiger partial charge in [-0.1, -0.05) is 128 Å². The fraction of sp³-hybridized carbons (Fsp3) is 0.600. The van der Waals surface area contributed by atoms with Gasteiger partial charge in [-0.15, -0.1) is 0 Å². The summed E-state index contributed by atoms with van der Waals surface area (Å²) < 4.78 is 10.4. The number of ether oxygens (including phenoxy) is 2. The molecule has 6 atom stereocenters. The maximum atomic E-state index is 14.0. The zero-order valence-corrected chi connectivity index (χ0v) is 37.1. The summed E-state index contributed by atoms with van der Waals surface area (Å²) in [5.41, 5.74) is 1.44. The monoisotopic (exact) mass is 871 g/mol. The quantitative estimate of drug-likeness (QED) is 0.0600. The predicted octanol–water partition coefficient (Wildman–Crippen LogP) is 3.33. The van der Waals surface area contributed by atoms with Crippen molar-refractivity contribution in [3.05, 3.63) is 71.8 Å². The highest BCUT2D eigenvalue weighted by atomic mass is 16.6. The molecule has 0 bridgehead atoms. The number of carbonyl (C=O) groups is 6. The van der Waals surface area contributed by atoms with Gasteiger partial charge in [-0.2, -0.15) is 0 Å². The summed E-state index contributed by atoms with van der Waals surface area (Å²) in [6.45, 7) is 9.68. The number of nitrogens with one attached hydrogen (secondary N) is 6. The van der Waals surface area contributed by atoms with Gasteiger partial charge in [0.1, 0.15) is 37.4 Å². The number of aliphatic hydroxyl groups excluding tert-OH is 3. The van der Waals surface area contributed by atoms with Gasteiger partial charge in [0, 0.05) is 0 Å². The van der Waals surface area contributed by atoms with Crippen LogP contribution in [-0.4, -0.2) is 107 Å². The highest BCUT2D eigenvalue weighted by Gasteiger charge is 2.35. The highest BCUT2D eigenvalue weighted by Crippen LogP contribution is 2.17. The van der Waals surface area contributed by atoms with E-state index in [-0.39, 0.29) is 37.9 Å². The van der Waals surface area contributed by atoms with Crippen molar-refractivity contribution >= 4 is 35.8 Å². The molecule has 0 spiro atoms. The van der Waals surface area contributed by atoms with Crippen LogP contribution in [0.5, 0.6) is 0 Å². The summed E-state index contributed by atoms with van der Waals surface area (Å²) in [4.78, 5) is 79.6. The molecule has 0 aliphatic heterocycles. The molecule has 0 heterocycles. The number of rotatable bonds is 28. The van der Waals surface area contributed by atoms with Gasteiger partial charge < -0.3 is 56.7 Å². The third-order valence-electron chi connectivity index (χ3n) is 9.91. The summed E-state index contributed by atoms with van der Waals surface area (Å²) in [6, 6.07) is 11.0. The molecule has 2 aromatic rings. The lowest BCUT2D eigenvalue weighted by Gasteiger charge is -2.34. The molecule has 2 rings (SSSR count). The Morgan fingerprint density at radius 2 is 0.855 bits per heavy atom. The minimum absolute atomic E-state index is 0.0609. The molecule has 0 saturated heterocycles. The number of benzene rings is 2. The standard InChI is InChI=1S/C45H70N6O11/c1-7-9-21-33(46-40(55)35(23-29(3)4)48-42(57)37(25-52)50-44(59)61-27-31-17-13-11-14-18-31)39(54)34(22-10-8-2)47-41(56)36(24-30(5)6)49-43(58)38(26-53)51-45(60)62-28-32-19-15-12-16-20-32/h11-20,29-30,33-39,52-54H,7-10,21-28H2,1-6H3,(H,46,55)(H,47,56)(H,48,57)(H,49,58)(H,50,59)(H,51,60)/t33?,34?,35-,36-,37-,38-,39?/m0/s1. The number of amides is 6. The Hall–Kier alpha value is -5.26. The SMILES string of the molecule is CCCCC(NC(=O)[C@H](CC(C)C)NC(=O)[C@H](CO)NC(=O)OCc1ccccc1)C(O)C(CCCC)NC(=O)[C@H](CC(C)C)NC(=O)[C@H](CO)NC(=O)OCc1ccccc1. The molecule has 0 radical (unpaired) electrons. The third-order valence-corrected chi connectivity index (χ3v) is 9.91. The zero-order valence-electron chi connectivity index (χ0n) is 37.1. The first kappa shape index (κ1) is 52.9. The molecule has 0 aromatic heterocycles. The molecule has 346 valence electrons. The number of unbranched alkanes of at least 4 members (excludes halogenated alkanes) is 2. The van der Waals surface area contributed by atoms with Crippen LogP contribution in [-0.2, 0) is 41.9 Å². The topological polar surface area (TPSA) is 254 Å². The molecule has 0 aliphatic carbocycles. The van der Waals surface area contributed by atoms with E-state index in [0.717, 1.165) is 24.0 Å². The van der Waals surface area contributed by atoms with Gasteiger partial charge in [-0.05, 0) is 48.6 Å². The Labute approximate surface area is 365 Å². The van der Waals surface area contributed by atoms with E-state index in [0.29, 0.717) is 25.7 Å². The van der Waals surface area contributed by atoms with Crippen LogP contribution in [0.3, 0.4) is 0 Å². The van der Waals surface area contributed by atoms with Gasteiger partial charge in [0.2, 0.25) is 23.6 Å². The molecular formula is C45H70N6O11. The minimum atomic E-state index is -1.42. The summed E-state index contributed by atoms with van der Waals surface area (Å²) >= 11 is 0. The van der Waals surface area contributed by atoms with Gasteiger partial charge in [0.05, 0.1) is 31.4 Å². The van der Waals surface area contributed by atoms with Crippen LogP contribution in [0.1, 0.15) is 104 Å². The molecule has 9 N–H and O–H groups in total. The summed E-state index contributed by atoms with van der Waals surface area (Å²) in [7, 11) is 0. The summed E-state index contributed by atoms with van der Waals surface area (Å²) in [6.07, 6.45) is 0.521. The third kappa shape index (κ3) is 20.1. The van der Waals surface area contributed by atoms with Crippen LogP contribution in [0.4, 0.5) is 9.59 Å². The largest absolute Gasteiger partial charge is 0.445 e. The number of hydrogen-bond donors (Lipinski definition) is 9. The average Bonchev–Trinajstić information content (AvgIpc) is 3.25. The maximum Gasteiger partial charge on any atom is 0.408 e. The van der Waals surface area contributed by atoms with Gasteiger partial charge in [0.15, 0.2) is 0 Å². The normalized spacial score (nSPS) is 14.6. The lowest BCUT2D eigenvalue weighted by atomic mass is 9.93. The van der Waals surface area contributed by atoms with E-state index in [2.05, 4.69) is 31.9 Å². The van der Waals surface area contributed by atoms with E-state index in [4.69, 9.17) is 9.47 Å². The molecule has 17 nitrogen and oxygen atoms in total. The lowest BCUT2D eigenvalue weighted by Crippen LogP contribution is -2.61. The second kappa shape index (κ2) is 29.1. The van der Waals surface area contributed by atoms with Crippen LogP contribution >= 0.6 is 0 Å². The second-order valence-electron chi connectivity index (χ2n) is 16.3. The van der Waals surface area contributed by atoms with E-state index in [1.54, 1.807) is 48.5 Å². The van der Waals surface area contributed by atoms with Crippen LogP contribution in [0.2, 0.25) is 0 Å². The van der Waals surface area contributed by atoms with Crippen molar-refractivity contribution in [1.82, 2.24) is 31.9 Å². The Bertz CT molecular complexity index is 1530. The smallest absolute Gasteiger partial charge is 0.408 e. The van der Waals surface area contributed by atoms with E-state index >= 15 is 0 Å². The molecule has 2 unspecified atom stereocenters. The molecule has 62 heavy (non-hydrogen) atoms. The first-order chi connectivity index (χ1) is 29.6. The summed E-state index contributed by atoms with van der Waals surface area (Å²) in [5, 5.41) is 47.7. The van der Waals surface area contributed by atoms with Crippen molar-refractivity contribution in [1.29, 1.82) is 0 Å². The van der Waals surface area contributed by atoms with Crippen molar-refractivity contribution in [2.75, 3.05) is 13.2 Å². The van der Waals surface area contributed by atoms with Crippen molar-refractivity contribution in [3.8, 4) is 0 Å². The molecule has 0 fully saturated rings. The summed E-state index contributed by atoms with van der Waals surface area (Å²) in [5.74, 6) is -3.00. The van der Waals surface area contributed by atoms with Crippen LogP contribution < -0.4 is 31.9 Å². The Morgan fingerprint density at radius 3 is 1.16 bits per heavy atom. The number of hydrogen-bond acceptors (Lipinski definition) is 11. The molecule has 0 aliphatic rings. The fourth-order valence-electron chi connectivity index (χ4n) is 6.50. The van der Waals surface area contributed by atoms with Crippen molar-refractivity contribution < 1.29 is 53.6 Å². The maximum absolute atomic E-state index is 14.0. The highest BCUT2D eigenvalue weighted by molar-refractivity contribution is 5.92. The van der Waals surface area contributed by atoms with Crippen molar-refractivity contribution in [2.45, 2.75) is 148 Å². The first-order valence-electron chi connectivity index (χ1n) is 21.7. The number of aliphatic hydroxyl groups is 3. The van der Waals surface area contributed by atoms with Crippen LogP contribution in [0.25, 0.3) is 0 Å². The van der Waals surface area contributed by atoms with Gasteiger partial charge in [0.25, 0.3) is 0 Å². The van der Waals surface area contributed by atoms with E-state index in [1.165, 1.54) is 0 Å². The Balaban J connectivity index is 2.21. The Morgan fingerprint density at radius 1 is 0.516 bits per heavy atom. The van der Waals surface area contributed by atoms with Crippen LogP contribution in [0.15, 0.2) is 60.7 Å². The van der Waals surface area contributed by atoms with Crippen molar-refractivity contribution in [3.63, 3.8) is 0 Å². The van der Waals surface area contributed by atoms with Gasteiger partial charge in [-0.25, -0.2) is 9.59 Å². The lowest BCUT2D eigenvalue weighted by molar-refractivity contribution is -0.132. The van der Waals surface area contributed by atoms with E-state index in [1.807, 2.05) is 53.7 Å². The van der Waals surface area contributed by atoms with E-state index in [9.17, 15) is 44.1 Å². The van der Waals surface area contributed by atoms with Crippen molar-refractivity contribution in [2.24, 2.45) is 11.8 Å². The molecule has 17 heteroatoms. The molecular weight excluding hydrogens is 801 g/mol. The Kier molecular flexibility index (Phi) is 24.8. The predicted molar refractivity (Wildman–Crippen MR) is 233 cm³/mol. The minimum Gasteiger partial charge on any atom is -0.445 e. The first-order valence-corrected chi connectivity index (χ1v) is 21.7. The fourth-order valence-corrected chi connectivity index (χ4v) is 6.50. The zero-order chi connectivity index (χ0) is 46.0. The molecule has 0 saturated carbocycles. The van der Waals surface area contributed by atoms with Crippen LogP contribution in [0, 0.1) is 11.8 Å². The van der Waals surface area contributed by atoms with Gasteiger partial charge >= 0.3 is 12.2 Å². The number of carbonyl (C=O) groups excluding carboxylic acids is 6.